The van der Waals surface area contributed by atoms with E-state index in [1.165, 1.54) is 6.07 Å². The predicted octanol–water partition coefficient (Wildman–Crippen LogP) is 2.48. The van der Waals surface area contributed by atoms with Crippen molar-refractivity contribution >= 4 is 28.6 Å². The molecular formula is C10H7FINO2. The molecule has 0 radical (unpaired) electrons. The lowest BCUT2D eigenvalue weighted by Gasteiger charge is -2.06. The van der Waals surface area contributed by atoms with Gasteiger partial charge >= 0.3 is 5.97 Å². The normalized spacial score (nSPS) is 9.47. The number of hydrogen-bond donors (Lipinski definition) is 0. The average molecular weight is 319 g/mol. The van der Waals surface area contributed by atoms with E-state index in [0.717, 1.165) is 6.07 Å². The van der Waals surface area contributed by atoms with E-state index in [2.05, 4.69) is 0 Å². The van der Waals surface area contributed by atoms with Crippen LogP contribution >= 0.6 is 22.6 Å². The third-order valence-electron chi connectivity index (χ3n) is 1.69. The van der Waals surface area contributed by atoms with Crippen LogP contribution in [0.4, 0.5) is 4.39 Å². The topological polar surface area (TPSA) is 50.1 Å². The minimum Gasteiger partial charge on any atom is -0.462 e. The van der Waals surface area contributed by atoms with Crippen LogP contribution in [0.3, 0.4) is 0 Å². The number of carbonyl (C=O) groups excluding carboxylic acids is 1. The molecule has 0 fully saturated rings. The number of halogens is 2. The first-order valence-electron chi connectivity index (χ1n) is 4.17. The molecule has 78 valence electrons. The van der Waals surface area contributed by atoms with Crippen LogP contribution < -0.4 is 0 Å². The molecular weight excluding hydrogens is 312 g/mol. The van der Waals surface area contributed by atoms with E-state index in [9.17, 15) is 9.18 Å². The van der Waals surface area contributed by atoms with Crippen molar-refractivity contribution in [3.05, 3.63) is 32.6 Å². The van der Waals surface area contributed by atoms with Gasteiger partial charge in [-0.2, -0.15) is 5.26 Å². The Hall–Kier alpha value is -1.16. The van der Waals surface area contributed by atoms with Crippen molar-refractivity contribution in [2.24, 2.45) is 0 Å². The molecule has 0 amide bonds. The molecule has 3 nitrogen and oxygen atoms in total. The van der Waals surface area contributed by atoms with Gasteiger partial charge in [-0.15, -0.1) is 0 Å². The number of benzene rings is 1. The van der Waals surface area contributed by atoms with Crippen molar-refractivity contribution < 1.29 is 13.9 Å². The van der Waals surface area contributed by atoms with Crippen molar-refractivity contribution in [1.82, 2.24) is 0 Å². The van der Waals surface area contributed by atoms with Crippen molar-refractivity contribution in [2.75, 3.05) is 6.61 Å². The van der Waals surface area contributed by atoms with E-state index in [0.29, 0.717) is 0 Å². The van der Waals surface area contributed by atoms with Crippen LogP contribution in [0.5, 0.6) is 0 Å². The molecule has 15 heavy (non-hydrogen) atoms. The number of rotatable bonds is 2. The second-order valence-corrected chi connectivity index (χ2v) is 3.69. The van der Waals surface area contributed by atoms with Gasteiger partial charge in [-0.25, -0.2) is 9.18 Å². The van der Waals surface area contributed by atoms with Gasteiger partial charge in [0.15, 0.2) is 0 Å². The fraction of sp³-hybridized carbons (Fsp3) is 0.200. The fourth-order valence-electron chi connectivity index (χ4n) is 1.05. The molecule has 0 spiro atoms. The molecule has 0 aliphatic carbocycles. The first kappa shape index (κ1) is 11.9. The molecule has 0 saturated heterocycles. The Balaban J connectivity index is 3.31. The van der Waals surface area contributed by atoms with Crippen molar-refractivity contribution in [3.63, 3.8) is 0 Å². The molecule has 0 saturated carbocycles. The summed E-state index contributed by atoms with van der Waals surface area (Å²) < 4.78 is 18.0. The molecule has 0 unspecified atom stereocenters. The summed E-state index contributed by atoms with van der Waals surface area (Å²) in [5, 5.41) is 8.77. The average Bonchev–Trinajstić information content (AvgIpc) is 2.22. The summed E-state index contributed by atoms with van der Waals surface area (Å²) in [6, 6.07) is 4.25. The molecule has 0 aromatic heterocycles. The van der Waals surface area contributed by atoms with Crippen LogP contribution in [0.15, 0.2) is 12.1 Å². The maximum atomic E-state index is 13.2. The van der Waals surface area contributed by atoms with Gasteiger partial charge < -0.3 is 4.74 Å². The minimum absolute atomic E-state index is 0.0000463. The summed E-state index contributed by atoms with van der Waals surface area (Å²) in [5.74, 6) is -1.20. The summed E-state index contributed by atoms with van der Waals surface area (Å²) in [6.07, 6.45) is 0. The van der Waals surface area contributed by atoms with Crippen LogP contribution in [0.2, 0.25) is 0 Å². The van der Waals surface area contributed by atoms with Gasteiger partial charge in [0.25, 0.3) is 0 Å². The molecule has 0 aliphatic heterocycles. The fourth-order valence-corrected chi connectivity index (χ4v) is 1.74. The second-order valence-electron chi connectivity index (χ2n) is 2.62. The first-order valence-corrected chi connectivity index (χ1v) is 5.25. The lowest BCUT2D eigenvalue weighted by atomic mass is 10.1. The Morgan fingerprint density at radius 1 is 1.67 bits per heavy atom. The maximum Gasteiger partial charge on any atom is 0.340 e. The van der Waals surface area contributed by atoms with E-state index >= 15 is 0 Å². The van der Waals surface area contributed by atoms with Gasteiger partial charge in [0, 0.05) is 0 Å². The number of nitrogens with zero attached hydrogens (tertiary/aromatic N) is 1. The number of carbonyl (C=O) groups is 1. The molecule has 0 bridgehead atoms. The monoisotopic (exact) mass is 319 g/mol. The van der Waals surface area contributed by atoms with Gasteiger partial charge in [-0.3, -0.25) is 0 Å². The van der Waals surface area contributed by atoms with E-state index in [1.54, 1.807) is 29.5 Å². The van der Waals surface area contributed by atoms with E-state index in [4.69, 9.17) is 10.00 Å². The van der Waals surface area contributed by atoms with Crippen molar-refractivity contribution in [1.29, 1.82) is 5.26 Å². The molecule has 0 N–H and O–H groups in total. The Morgan fingerprint density at radius 2 is 2.33 bits per heavy atom. The highest BCUT2D eigenvalue weighted by molar-refractivity contribution is 14.1. The number of hydrogen-bond acceptors (Lipinski definition) is 3. The molecule has 1 aromatic rings. The third-order valence-corrected chi connectivity index (χ3v) is 2.75. The molecule has 5 heteroatoms. The SMILES string of the molecule is CCOC(=O)c1c(C#N)ccc(F)c1I. The van der Waals surface area contributed by atoms with Crippen molar-refractivity contribution in [2.45, 2.75) is 6.92 Å². The van der Waals surface area contributed by atoms with E-state index in [1.807, 2.05) is 6.07 Å². The zero-order chi connectivity index (χ0) is 11.4. The van der Waals surface area contributed by atoms with Gasteiger partial charge in [-0.05, 0) is 41.6 Å². The predicted molar refractivity (Wildman–Crippen MR) is 59.8 cm³/mol. The number of esters is 1. The van der Waals surface area contributed by atoms with E-state index < -0.39 is 11.8 Å². The maximum absolute atomic E-state index is 13.2. The number of nitriles is 1. The summed E-state index contributed by atoms with van der Waals surface area (Å²) in [7, 11) is 0. The Kier molecular flexibility index (Phi) is 4.03. The minimum atomic E-state index is -0.669. The Labute approximate surface area is 100.0 Å². The van der Waals surface area contributed by atoms with Gasteiger partial charge in [0.1, 0.15) is 11.9 Å². The highest BCUT2D eigenvalue weighted by atomic mass is 127. The zero-order valence-corrected chi connectivity index (χ0v) is 10.0. The van der Waals surface area contributed by atoms with Crippen LogP contribution in [-0.2, 0) is 4.74 Å². The van der Waals surface area contributed by atoms with E-state index in [-0.39, 0.29) is 21.3 Å². The lowest BCUT2D eigenvalue weighted by molar-refractivity contribution is 0.0524. The molecule has 0 heterocycles. The second kappa shape index (κ2) is 5.07. The molecule has 1 rings (SSSR count). The zero-order valence-electron chi connectivity index (χ0n) is 7.88. The van der Waals surface area contributed by atoms with Crippen LogP contribution in [0.25, 0.3) is 0 Å². The Bertz CT molecular complexity index is 440. The highest BCUT2D eigenvalue weighted by Gasteiger charge is 2.19. The first-order chi connectivity index (χ1) is 7.11. The van der Waals surface area contributed by atoms with Crippen LogP contribution in [0.1, 0.15) is 22.8 Å². The molecule has 1 aromatic carbocycles. The summed E-state index contributed by atoms with van der Waals surface area (Å²) in [4.78, 5) is 11.5. The number of ether oxygens (including phenoxy) is 1. The summed E-state index contributed by atoms with van der Waals surface area (Å²) >= 11 is 1.68. The van der Waals surface area contributed by atoms with Gasteiger partial charge in [-0.1, -0.05) is 0 Å². The van der Waals surface area contributed by atoms with Gasteiger partial charge in [0.2, 0.25) is 0 Å². The summed E-state index contributed by atoms with van der Waals surface area (Å²) in [6.45, 7) is 1.84. The van der Waals surface area contributed by atoms with Gasteiger partial charge in [0.05, 0.1) is 21.3 Å². The highest BCUT2D eigenvalue weighted by Crippen LogP contribution is 2.21. The quantitative estimate of drug-likeness (QED) is 0.622. The molecule has 0 aliphatic rings. The van der Waals surface area contributed by atoms with Crippen LogP contribution in [-0.4, -0.2) is 12.6 Å². The smallest absolute Gasteiger partial charge is 0.340 e. The lowest BCUT2D eigenvalue weighted by Crippen LogP contribution is -2.10. The Morgan fingerprint density at radius 3 is 2.87 bits per heavy atom. The standard InChI is InChI=1S/C10H7FINO2/c1-2-15-10(14)8-6(5-13)3-4-7(11)9(8)12/h3-4H,2H2,1H3. The largest absolute Gasteiger partial charge is 0.462 e. The van der Waals surface area contributed by atoms with Crippen molar-refractivity contribution in [3.8, 4) is 6.07 Å². The third kappa shape index (κ3) is 2.45. The molecule has 0 atom stereocenters. The van der Waals surface area contributed by atoms with Crippen LogP contribution in [0, 0.1) is 20.7 Å². The summed E-state index contributed by atoms with van der Waals surface area (Å²) in [5.41, 5.74) is 0.124.